The van der Waals surface area contributed by atoms with E-state index in [0.717, 1.165) is 5.69 Å². The molecule has 0 spiro atoms. The van der Waals surface area contributed by atoms with Crippen LogP contribution in [-0.2, 0) is 4.74 Å². The van der Waals surface area contributed by atoms with E-state index in [0.29, 0.717) is 5.56 Å². The van der Waals surface area contributed by atoms with Crippen LogP contribution in [0.25, 0.3) is 0 Å². The van der Waals surface area contributed by atoms with Gasteiger partial charge in [0, 0.05) is 11.7 Å². The third-order valence-electron chi connectivity index (χ3n) is 2.75. The number of ether oxygens (including phenoxy) is 1. The van der Waals surface area contributed by atoms with Crippen LogP contribution in [0.4, 0.5) is 5.69 Å². The van der Waals surface area contributed by atoms with Crippen molar-refractivity contribution in [3.8, 4) is 0 Å². The fourth-order valence-electron chi connectivity index (χ4n) is 1.73. The summed E-state index contributed by atoms with van der Waals surface area (Å²) < 4.78 is 4.77. The quantitative estimate of drug-likeness (QED) is 0.853. The van der Waals surface area contributed by atoms with Gasteiger partial charge in [0.05, 0.1) is 12.7 Å². The third kappa shape index (κ3) is 2.71. The Morgan fingerprint density at radius 1 is 1.33 bits per heavy atom. The predicted octanol–water partition coefficient (Wildman–Crippen LogP) is 3.71. The van der Waals surface area contributed by atoms with Crippen molar-refractivity contribution in [1.29, 1.82) is 0 Å². The zero-order chi connectivity index (χ0) is 13.0. The van der Waals surface area contributed by atoms with Crippen molar-refractivity contribution >= 4 is 23.0 Å². The zero-order valence-electron chi connectivity index (χ0n) is 10.3. The van der Waals surface area contributed by atoms with E-state index in [-0.39, 0.29) is 12.0 Å². The highest BCUT2D eigenvalue weighted by Crippen LogP contribution is 2.24. The highest BCUT2D eigenvalue weighted by Gasteiger charge is 2.13. The first kappa shape index (κ1) is 12.6. The molecule has 1 heterocycles. The number of benzene rings is 1. The molecule has 0 aliphatic heterocycles. The average Bonchev–Trinajstić information content (AvgIpc) is 2.92. The SMILES string of the molecule is COC(=O)c1ccccc1NC(C)c1ccsc1. The fourth-order valence-corrected chi connectivity index (χ4v) is 2.49. The summed E-state index contributed by atoms with van der Waals surface area (Å²) in [5, 5.41) is 7.47. The molecule has 0 aliphatic rings. The number of nitrogens with one attached hydrogen (secondary N) is 1. The van der Waals surface area contributed by atoms with Gasteiger partial charge in [0.15, 0.2) is 0 Å². The van der Waals surface area contributed by atoms with E-state index in [1.165, 1.54) is 12.7 Å². The van der Waals surface area contributed by atoms with E-state index in [1.54, 1.807) is 17.4 Å². The van der Waals surface area contributed by atoms with Gasteiger partial charge in [-0.3, -0.25) is 0 Å². The largest absolute Gasteiger partial charge is 0.465 e. The molecular formula is C14H15NO2S. The normalized spacial score (nSPS) is 11.9. The van der Waals surface area contributed by atoms with Gasteiger partial charge in [0.1, 0.15) is 0 Å². The van der Waals surface area contributed by atoms with Crippen LogP contribution in [0, 0.1) is 0 Å². The second-order valence-corrected chi connectivity index (χ2v) is 4.74. The number of para-hydroxylation sites is 1. The lowest BCUT2D eigenvalue weighted by atomic mass is 10.1. The number of carbonyl (C=O) groups excluding carboxylic acids is 1. The van der Waals surface area contributed by atoms with Gasteiger partial charge in [0.25, 0.3) is 0 Å². The van der Waals surface area contributed by atoms with E-state index >= 15 is 0 Å². The molecule has 0 aliphatic carbocycles. The molecule has 2 aromatic rings. The minimum atomic E-state index is -0.324. The molecule has 94 valence electrons. The molecule has 1 atom stereocenters. The molecule has 1 unspecified atom stereocenters. The molecule has 0 bridgehead atoms. The summed E-state index contributed by atoms with van der Waals surface area (Å²) in [5.41, 5.74) is 2.56. The Kier molecular flexibility index (Phi) is 3.99. The van der Waals surface area contributed by atoms with E-state index in [4.69, 9.17) is 4.74 Å². The second-order valence-electron chi connectivity index (χ2n) is 3.96. The van der Waals surface area contributed by atoms with Crippen LogP contribution in [0.2, 0.25) is 0 Å². The van der Waals surface area contributed by atoms with Crippen LogP contribution in [0.1, 0.15) is 28.9 Å². The summed E-state index contributed by atoms with van der Waals surface area (Å²) in [6.45, 7) is 2.07. The Balaban J connectivity index is 2.21. The summed E-state index contributed by atoms with van der Waals surface area (Å²) in [7, 11) is 1.39. The monoisotopic (exact) mass is 261 g/mol. The van der Waals surface area contributed by atoms with Crippen molar-refractivity contribution in [2.24, 2.45) is 0 Å². The first-order valence-corrected chi connectivity index (χ1v) is 6.62. The number of thiophene rings is 1. The fraction of sp³-hybridized carbons (Fsp3) is 0.214. The number of methoxy groups -OCH3 is 1. The molecule has 1 aromatic heterocycles. The van der Waals surface area contributed by atoms with E-state index < -0.39 is 0 Å². The number of hydrogen-bond donors (Lipinski definition) is 1. The van der Waals surface area contributed by atoms with Crippen LogP contribution in [0.3, 0.4) is 0 Å². The number of esters is 1. The number of carbonyl (C=O) groups is 1. The van der Waals surface area contributed by atoms with Crippen molar-refractivity contribution in [3.63, 3.8) is 0 Å². The minimum Gasteiger partial charge on any atom is -0.465 e. The Hall–Kier alpha value is -1.81. The number of anilines is 1. The second kappa shape index (κ2) is 5.69. The summed E-state index contributed by atoms with van der Waals surface area (Å²) in [6, 6.07) is 9.59. The van der Waals surface area contributed by atoms with Crippen molar-refractivity contribution < 1.29 is 9.53 Å². The maximum atomic E-state index is 11.6. The topological polar surface area (TPSA) is 38.3 Å². The van der Waals surface area contributed by atoms with E-state index in [2.05, 4.69) is 23.7 Å². The number of rotatable bonds is 4. The Morgan fingerprint density at radius 3 is 2.78 bits per heavy atom. The lowest BCUT2D eigenvalue weighted by Crippen LogP contribution is -2.11. The molecule has 1 aromatic carbocycles. The maximum absolute atomic E-state index is 11.6. The lowest BCUT2D eigenvalue weighted by Gasteiger charge is -2.16. The molecule has 2 rings (SSSR count). The first-order valence-electron chi connectivity index (χ1n) is 5.68. The van der Waals surface area contributed by atoms with E-state index in [9.17, 15) is 4.79 Å². The molecule has 0 saturated heterocycles. The van der Waals surface area contributed by atoms with Gasteiger partial charge < -0.3 is 10.1 Å². The zero-order valence-corrected chi connectivity index (χ0v) is 11.2. The van der Waals surface area contributed by atoms with Crippen LogP contribution >= 0.6 is 11.3 Å². The molecule has 0 fully saturated rings. The highest BCUT2D eigenvalue weighted by atomic mass is 32.1. The van der Waals surface area contributed by atoms with Gasteiger partial charge in [-0.25, -0.2) is 4.79 Å². The molecule has 4 heteroatoms. The van der Waals surface area contributed by atoms with E-state index in [1.807, 2.05) is 23.6 Å². The highest BCUT2D eigenvalue weighted by molar-refractivity contribution is 7.07. The van der Waals surface area contributed by atoms with Crippen molar-refractivity contribution in [3.05, 3.63) is 52.2 Å². The standard InChI is InChI=1S/C14H15NO2S/c1-10(11-7-8-18-9-11)15-13-6-4-3-5-12(13)14(16)17-2/h3-10,15H,1-2H3. The first-order chi connectivity index (χ1) is 8.72. The predicted molar refractivity (Wildman–Crippen MR) is 74.1 cm³/mol. The lowest BCUT2D eigenvalue weighted by molar-refractivity contribution is 0.0602. The molecule has 18 heavy (non-hydrogen) atoms. The van der Waals surface area contributed by atoms with Crippen LogP contribution in [0.5, 0.6) is 0 Å². The Morgan fingerprint density at radius 2 is 2.11 bits per heavy atom. The summed E-state index contributed by atoms with van der Waals surface area (Å²) >= 11 is 1.66. The molecule has 0 saturated carbocycles. The van der Waals surface area contributed by atoms with Crippen molar-refractivity contribution in [2.75, 3.05) is 12.4 Å². The van der Waals surface area contributed by atoms with Gasteiger partial charge in [-0.1, -0.05) is 12.1 Å². The third-order valence-corrected chi connectivity index (χ3v) is 3.45. The summed E-state index contributed by atoms with van der Waals surface area (Å²) in [4.78, 5) is 11.6. The Labute approximate surface area is 110 Å². The molecule has 0 amide bonds. The molecule has 1 N–H and O–H groups in total. The van der Waals surface area contributed by atoms with Gasteiger partial charge in [-0.05, 0) is 41.4 Å². The number of hydrogen-bond acceptors (Lipinski definition) is 4. The molecule has 3 nitrogen and oxygen atoms in total. The minimum absolute atomic E-state index is 0.155. The maximum Gasteiger partial charge on any atom is 0.339 e. The van der Waals surface area contributed by atoms with Gasteiger partial charge in [-0.15, -0.1) is 0 Å². The Bertz CT molecular complexity index is 522. The van der Waals surface area contributed by atoms with Crippen molar-refractivity contribution in [1.82, 2.24) is 0 Å². The van der Waals surface area contributed by atoms with Gasteiger partial charge in [0.2, 0.25) is 0 Å². The molecular weight excluding hydrogens is 246 g/mol. The van der Waals surface area contributed by atoms with Crippen molar-refractivity contribution in [2.45, 2.75) is 13.0 Å². The van der Waals surface area contributed by atoms with Gasteiger partial charge >= 0.3 is 5.97 Å². The van der Waals surface area contributed by atoms with Crippen LogP contribution < -0.4 is 5.32 Å². The summed E-state index contributed by atoms with van der Waals surface area (Å²) in [6.07, 6.45) is 0. The van der Waals surface area contributed by atoms with Gasteiger partial charge in [-0.2, -0.15) is 11.3 Å². The smallest absolute Gasteiger partial charge is 0.339 e. The van der Waals surface area contributed by atoms with Crippen LogP contribution in [-0.4, -0.2) is 13.1 Å². The molecule has 0 radical (unpaired) electrons. The summed E-state index contributed by atoms with van der Waals surface area (Å²) in [5.74, 6) is -0.324. The average molecular weight is 261 g/mol. The van der Waals surface area contributed by atoms with Crippen LogP contribution in [0.15, 0.2) is 41.1 Å².